The summed E-state index contributed by atoms with van der Waals surface area (Å²) < 4.78 is 6.37. The Balaban J connectivity index is 1.51. The van der Waals surface area contributed by atoms with Crippen molar-refractivity contribution in [3.63, 3.8) is 0 Å². The highest BCUT2D eigenvalue weighted by Gasteiger charge is 2.38. The summed E-state index contributed by atoms with van der Waals surface area (Å²) in [6.07, 6.45) is 7.12. The smallest absolute Gasteiger partial charge is 0.256 e. The maximum Gasteiger partial charge on any atom is 0.256 e. The number of piperidine rings is 1. The second-order valence-electron chi connectivity index (χ2n) is 7.72. The second kappa shape index (κ2) is 6.54. The predicted molar refractivity (Wildman–Crippen MR) is 107 cm³/mol. The monoisotopic (exact) mass is 360 g/mol. The fourth-order valence-corrected chi connectivity index (χ4v) is 4.58. The van der Waals surface area contributed by atoms with Crippen LogP contribution in [0.3, 0.4) is 0 Å². The average Bonchev–Trinajstić information content (AvgIpc) is 3.18. The molecule has 2 aliphatic heterocycles. The third-order valence-corrected chi connectivity index (χ3v) is 5.99. The summed E-state index contributed by atoms with van der Waals surface area (Å²) in [7, 11) is 0. The molecule has 0 unspecified atom stereocenters. The van der Waals surface area contributed by atoms with Gasteiger partial charge in [-0.15, -0.1) is 0 Å². The Hall–Kier alpha value is -2.59. The van der Waals surface area contributed by atoms with Crippen LogP contribution in [0, 0.1) is 0 Å². The van der Waals surface area contributed by atoms with Crippen LogP contribution in [0.2, 0.25) is 0 Å². The van der Waals surface area contributed by atoms with Crippen molar-refractivity contribution in [2.45, 2.75) is 37.7 Å². The van der Waals surface area contributed by atoms with Gasteiger partial charge in [-0.1, -0.05) is 30.3 Å². The molecule has 1 spiro atoms. The molecule has 1 aliphatic carbocycles. The topological polar surface area (TPSA) is 50.4 Å². The van der Waals surface area contributed by atoms with Crippen molar-refractivity contribution in [3.8, 4) is 5.75 Å². The lowest BCUT2D eigenvalue weighted by Crippen LogP contribution is -2.46. The van der Waals surface area contributed by atoms with E-state index in [-0.39, 0.29) is 11.5 Å². The van der Waals surface area contributed by atoms with Crippen LogP contribution < -0.4 is 15.4 Å². The van der Waals surface area contributed by atoms with E-state index < -0.39 is 0 Å². The Morgan fingerprint density at radius 2 is 1.89 bits per heavy atom. The zero-order valence-corrected chi connectivity index (χ0v) is 15.4. The number of fused-ring (bicyclic) bond motifs is 2. The average molecular weight is 360 g/mol. The number of aryl methyl sites for hydroxylation is 1. The highest BCUT2D eigenvalue weighted by Crippen LogP contribution is 2.40. The van der Waals surface area contributed by atoms with Gasteiger partial charge in [0.15, 0.2) is 0 Å². The molecule has 2 heterocycles. The molecule has 1 fully saturated rings. The fraction of sp³-hybridized carbons (Fsp3) is 0.348. The molecule has 4 heteroatoms. The molecule has 0 aromatic heterocycles. The van der Waals surface area contributed by atoms with Crippen LogP contribution in [0.4, 0.5) is 5.69 Å². The van der Waals surface area contributed by atoms with E-state index in [0.29, 0.717) is 0 Å². The van der Waals surface area contributed by atoms with E-state index in [1.165, 1.54) is 11.1 Å². The molecule has 0 bridgehead atoms. The molecule has 1 saturated heterocycles. The Labute approximate surface area is 159 Å². The maximum absolute atomic E-state index is 13.3. The summed E-state index contributed by atoms with van der Waals surface area (Å²) in [5, 5.41) is 6.58. The van der Waals surface area contributed by atoms with Gasteiger partial charge in [-0.3, -0.25) is 4.79 Å². The van der Waals surface area contributed by atoms with E-state index in [9.17, 15) is 4.79 Å². The van der Waals surface area contributed by atoms with Crippen molar-refractivity contribution in [2.75, 3.05) is 18.4 Å². The molecule has 3 aliphatic rings. The molecule has 2 N–H and O–H groups in total. The highest BCUT2D eigenvalue weighted by atomic mass is 16.5. The molecule has 0 saturated carbocycles. The molecule has 2 aromatic rings. The van der Waals surface area contributed by atoms with E-state index in [1.54, 1.807) is 0 Å². The molecule has 2 aromatic carbocycles. The Morgan fingerprint density at radius 3 is 2.78 bits per heavy atom. The summed E-state index contributed by atoms with van der Waals surface area (Å²) in [6, 6.07) is 14.1. The predicted octanol–water partition coefficient (Wildman–Crippen LogP) is 3.71. The molecule has 5 rings (SSSR count). The molecule has 138 valence electrons. The zero-order valence-electron chi connectivity index (χ0n) is 15.4. The van der Waals surface area contributed by atoms with E-state index in [0.717, 1.165) is 67.8 Å². The quantitative estimate of drug-likeness (QED) is 0.858. The van der Waals surface area contributed by atoms with Gasteiger partial charge in [0, 0.05) is 24.1 Å². The van der Waals surface area contributed by atoms with E-state index in [1.807, 2.05) is 36.4 Å². The first-order valence-corrected chi connectivity index (χ1v) is 9.88. The maximum atomic E-state index is 13.3. The number of para-hydroxylation sites is 1. The van der Waals surface area contributed by atoms with Crippen molar-refractivity contribution in [1.82, 2.24) is 5.32 Å². The minimum absolute atomic E-state index is 0.0380. The minimum Gasteiger partial charge on any atom is -0.482 e. The standard InChI is InChI=1S/C23H24N2O2/c26-22(25-20-9-4-6-16-5-3-8-17(16)20)19-15-23(11-13-24-14-12-23)27-21-10-2-1-7-18(19)21/h1-2,4,6-7,9-10,15,24H,3,5,8,11-14H2,(H,25,26). The summed E-state index contributed by atoms with van der Waals surface area (Å²) in [4.78, 5) is 13.3. The molecule has 1 amide bonds. The SMILES string of the molecule is O=C(Nc1cccc2c1CCC2)C1=CC2(CCNCC2)Oc2ccccc21. The Bertz CT molecular complexity index is 926. The first kappa shape index (κ1) is 16.6. The van der Waals surface area contributed by atoms with E-state index in [4.69, 9.17) is 4.74 Å². The van der Waals surface area contributed by atoms with Gasteiger partial charge >= 0.3 is 0 Å². The van der Waals surface area contributed by atoms with Gasteiger partial charge in [-0.25, -0.2) is 0 Å². The number of anilines is 1. The number of carbonyl (C=O) groups excluding carboxylic acids is 1. The number of carbonyl (C=O) groups is 1. The molecule has 0 radical (unpaired) electrons. The lowest BCUT2D eigenvalue weighted by atomic mass is 9.85. The van der Waals surface area contributed by atoms with Crippen molar-refractivity contribution in [1.29, 1.82) is 0 Å². The van der Waals surface area contributed by atoms with Crippen LogP contribution in [0.15, 0.2) is 48.5 Å². The van der Waals surface area contributed by atoms with Gasteiger partial charge in [0.25, 0.3) is 5.91 Å². The van der Waals surface area contributed by atoms with Gasteiger partial charge in [0.05, 0.1) is 5.57 Å². The number of hydrogen-bond donors (Lipinski definition) is 2. The lowest BCUT2D eigenvalue weighted by molar-refractivity contribution is -0.111. The molecular formula is C23H24N2O2. The summed E-state index contributed by atoms with van der Waals surface area (Å²) in [5.74, 6) is 0.772. The molecule has 27 heavy (non-hydrogen) atoms. The number of rotatable bonds is 2. The molecule has 4 nitrogen and oxygen atoms in total. The van der Waals surface area contributed by atoms with E-state index in [2.05, 4.69) is 22.8 Å². The largest absolute Gasteiger partial charge is 0.482 e. The molecule has 0 atom stereocenters. The summed E-state index contributed by atoms with van der Waals surface area (Å²) in [6.45, 7) is 1.81. The highest BCUT2D eigenvalue weighted by molar-refractivity contribution is 6.26. The zero-order chi connectivity index (χ0) is 18.3. The third-order valence-electron chi connectivity index (χ3n) is 5.99. The van der Waals surface area contributed by atoms with Crippen LogP contribution in [-0.2, 0) is 17.6 Å². The number of benzene rings is 2. The van der Waals surface area contributed by atoms with Crippen molar-refractivity contribution < 1.29 is 9.53 Å². The van der Waals surface area contributed by atoms with Crippen LogP contribution >= 0.6 is 0 Å². The Kier molecular flexibility index (Phi) is 4.01. The molecular weight excluding hydrogens is 336 g/mol. The summed E-state index contributed by atoms with van der Waals surface area (Å²) in [5.41, 5.74) is 4.85. The Morgan fingerprint density at radius 1 is 1.04 bits per heavy atom. The number of ether oxygens (including phenoxy) is 1. The van der Waals surface area contributed by atoms with Crippen LogP contribution in [-0.4, -0.2) is 24.6 Å². The van der Waals surface area contributed by atoms with E-state index >= 15 is 0 Å². The second-order valence-corrected chi connectivity index (χ2v) is 7.72. The van der Waals surface area contributed by atoms with Crippen molar-refractivity contribution in [2.24, 2.45) is 0 Å². The number of amides is 1. The van der Waals surface area contributed by atoms with Gasteiger partial charge in [-0.2, -0.15) is 0 Å². The lowest BCUT2D eigenvalue weighted by Gasteiger charge is -2.39. The third kappa shape index (κ3) is 2.94. The summed E-state index contributed by atoms with van der Waals surface area (Å²) >= 11 is 0. The minimum atomic E-state index is -0.384. The van der Waals surface area contributed by atoms with Gasteiger partial charge in [0.2, 0.25) is 0 Å². The number of hydrogen-bond acceptors (Lipinski definition) is 3. The van der Waals surface area contributed by atoms with Crippen molar-refractivity contribution >= 4 is 17.2 Å². The first-order chi connectivity index (χ1) is 13.2. The fourth-order valence-electron chi connectivity index (χ4n) is 4.58. The van der Waals surface area contributed by atoms with Crippen LogP contribution in [0.5, 0.6) is 5.75 Å². The van der Waals surface area contributed by atoms with Gasteiger partial charge in [-0.05, 0) is 61.7 Å². The van der Waals surface area contributed by atoms with Crippen LogP contribution in [0.1, 0.15) is 36.0 Å². The van der Waals surface area contributed by atoms with Gasteiger partial charge in [0.1, 0.15) is 11.4 Å². The first-order valence-electron chi connectivity index (χ1n) is 9.88. The van der Waals surface area contributed by atoms with Gasteiger partial charge < -0.3 is 15.4 Å². The normalized spacial score (nSPS) is 19.6. The van der Waals surface area contributed by atoms with Crippen LogP contribution in [0.25, 0.3) is 5.57 Å². The van der Waals surface area contributed by atoms with Crippen molar-refractivity contribution in [3.05, 3.63) is 65.2 Å². The number of nitrogens with one attached hydrogen (secondary N) is 2.